The molecule has 1 atom stereocenters. The molecule has 2 aromatic carbocycles. The molecule has 3 rings (SSSR count). The number of nitrogens with one attached hydrogen (secondary N) is 1. The molecule has 0 bridgehead atoms. The number of aliphatic hydroxyl groups is 1. The van der Waals surface area contributed by atoms with Gasteiger partial charge in [-0.2, -0.15) is 0 Å². The summed E-state index contributed by atoms with van der Waals surface area (Å²) >= 11 is 0. The van der Waals surface area contributed by atoms with Gasteiger partial charge in [-0.15, -0.1) is 0 Å². The molecule has 0 aliphatic heterocycles. The Kier molecular flexibility index (Phi) is 4.63. The lowest BCUT2D eigenvalue weighted by Crippen LogP contribution is -2.16. The fourth-order valence-corrected chi connectivity index (χ4v) is 2.48. The minimum atomic E-state index is -0.587. The molecule has 3 aromatic rings. The van der Waals surface area contributed by atoms with Gasteiger partial charge >= 0.3 is 0 Å². The Bertz CT molecular complexity index is 860. The summed E-state index contributed by atoms with van der Waals surface area (Å²) in [5, 5.41) is 22.7. The van der Waals surface area contributed by atoms with Gasteiger partial charge in [-0.3, -0.25) is 4.79 Å². The highest BCUT2D eigenvalue weighted by molar-refractivity contribution is 5.49. The normalized spacial score (nSPS) is 11.9. The average molecular weight is 323 g/mol. The smallest absolute Gasteiger partial charge is 0.227 e. The first kappa shape index (κ1) is 15.8. The number of para-hydroxylation sites is 1. The summed E-state index contributed by atoms with van der Waals surface area (Å²) in [7, 11) is 0. The lowest BCUT2D eigenvalue weighted by atomic mass is 10.0. The Morgan fingerprint density at radius 3 is 2.25 bits per heavy atom. The third-order valence-corrected chi connectivity index (χ3v) is 3.64. The van der Waals surface area contributed by atoms with Gasteiger partial charge in [0.2, 0.25) is 11.2 Å². The summed E-state index contributed by atoms with van der Waals surface area (Å²) in [5.74, 6) is -0.297. The molecule has 0 saturated heterocycles. The van der Waals surface area contributed by atoms with E-state index in [-0.39, 0.29) is 11.5 Å². The van der Waals surface area contributed by atoms with Crippen molar-refractivity contribution in [1.29, 1.82) is 0 Å². The van der Waals surface area contributed by atoms with Crippen molar-refractivity contribution >= 4 is 5.69 Å². The highest BCUT2D eigenvalue weighted by atomic mass is 16.4. The molecule has 1 unspecified atom stereocenters. The molecule has 0 radical (unpaired) electrons. The van der Waals surface area contributed by atoms with E-state index in [4.69, 9.17) is 4.42 Å². The summed E-state index contributed by atoms with van der Waals surface area (Å²) in [6.07, 6.45) is 0. The van der Waals surface area contributed by atoms with Crippen LogP contribution in [-0.4, -0.2) is 10.2 Å². The van der Waals surface area contributed by atoms with Gasteiger partial charge in [-0.05, 0) is 17.7 Å². The van der Waals surface area contributed by atoms with Crippen molar-refractivity contribution < 1.29 is 14.6 Å². The summed E-state index contributed by atoms with van der Waals surface area (Å²) in [5.41, 5.74) is 1.04. The van der Waals surface area contributed by atoms with Gasteiger partial charge in [0.25, 0.3) is 0 Å². The molecule has 3 N–H and O–H groups in total. The van der Waals surface area contributed by atoms with Crippen molar-refractivity contribution in [2.24, 2.45) is 0 Å². The third kappa shape index (κ3) is 3.31. The van der Waals surface area contributed by atoms with Gasteiger partial charge < -0.3 is 19.9 Å². The maximum absolute atomic E-state index is 12.0. The molecule has 0 amide bonds. The van der Waals surface area contributed by atoms with Crippen molar-refractivity contribution in [3.63, 3.8) is 0 Å². The molecule has 122 valence electrons. The molecular weight excluding hydrogens is 306 g/mol. The first-order valence-electron chi connectivity index (χ1n) is 7.52. The fourth-order valence-electron chi connectivity index (χ4n) is 2.48. The predicted molar refractivity (Wildman–Crippen MR) is 90.9 cm³/mol. The zero-order valence-corrected chi connectivity index (χ0v) is 12.8. The van der Waals surface area contributed by atoms with Crippen molar-refractivity contribution in [3.8, 4) is 5.75 Å². The molecule has 1 aromatic heterocycles. The summed E-state index contributed by atoms with van der Waals surface area (Å²) in [6, 6.07) is 19.3. The minimum Gasteiger partial charge on any atom is -0.502 e. The molecule has 0 spiro atoms. The van der Waals surface area contributed by atoms with E-state index in [0.717, 1.165) is 17.3 Å². The van der Waals surface area contributed by atoms with Crippen LogP contribution in [0.1, 0.15) is 23.1 Å². The summed E-state index contributed by atoms with van der Waals surface area (Å²) in [6.45, 7) is -0.421. The van der Waals surface area contributed by atoms with Crippen molar-refractivity contribution in [2.75, 3.05) is 5.32 Å². The number of anilines is 1. The monoisotopic (exact) mass is 323 g/mol. The predicted octanol–water partition coefficient (Wildman–Crippen LogP) is 3.04. The molecule has 0 aliphatic rings. The third-order valence-electron chi connectivity index (χ3n) is 3.64. The van der Waals surface area contributed by atoms with Gasteiger partial charge in [-0.1, -0.05) is 48.5 Å². The molecular formula is C19H17NO4. The number of hydrogen-bond acceptors (Lipinski definition) is 5. The summed E-state index contributed by atoms with van der Waals surface area (Å²) < 4.78 is 5.56. The number of rotatable bonds is 5. The quantitative estimate of drug-likeness (QED) is 0.672. The van der Waals surface area contributed by atoms with Crippen LogP contribution < -0.4 is 10.7 Å². The number of hydrogen-bond donors (Lipinski definition) is 3. The van der Waals surface area contributed by atoms with Gasteiger partial charge in [0.05, 0.1) is 0 Å². The van der Waals surface area contributed by atoms with Crippen LogP contribution in [0.4, 0.5) is 5.69 Å². The van der Waals surface area contributed by atoms with Gasteiger partial charge in [-0.25, -0.2) is 0 Å². The Hall–Kier alpha value is -3.05. The molecule has 0 saturated carbocycles. The Morgan fingerprint density at radius 1 is 1.00 bits per heavy atom. The first-order valence-corrected chi connectivity index (χ1v) is 7.52. The Labute approximate surface area is 138 Å². The van der Waals surface area contributed by atoms with Crippen LogP contribution in [0.3, 0.4) is 0 Å². The molecule has 0 fully saturated rings. The van der Waals surface area contributed by atoms with E-state index in [1.54, 1.807) is 0 Å². The molecule has 5 nitrogen and oxygen atoms in total. The van der Waals surface area contributed by atoms with Crippen LogP contribution in [0, 0.1) is 0 Å². The molecule has 1 heterocycles. The van der Waals surface area contributed by atoms with Crippen LogP contribution >= 0.6 is 0 Å². The van der Waals surface area contributed by atoms with E-state index in [1.165, 1.54) is 0 Å². The van der Waals surface area contributed by atoms with E-state index in [0.29, 0.717) is 0 Å². The lowest BCUT2D eigenvalue weighted by Gasteiger charge is -2.20. The Balaban J connectivity index is 2.12. The maximum Gasteiger partial charge on any atom is 0.227 e. The molecule has 5 heteroatoms. The van der Waals surface area contributed by atoms with Crippen molar-refractivity contribution in [2.45, 2.75) is 12.6 Å². The van der Waals surface area contributed by atoms with Gasteiger partial charge in [0, 0.05) is 11.8 Å². The second kappa shape index (κ2) is 7.02. The standard InChI is InChI=1S/C19H17NO4/c21-12-15-11-16(22)18(23)19(24-15)17(13-7-3-1-4-8-13)20-14-9-5-2-6-10-14/h1-11,17,20-21,23H,12H2. The SMILES string of the molecule is O=c1cc(CO)oc(C(Nc2ccccc2)c2ccccc2)c1O. The van der Waals surface area contributed by atoms with Gasteiger partial charge in [0.15, 0.2) is 5.76 Å². The highest BCUT2D eigenvalue weighted by Crippen LogP contribution is 2.31. The lowest BCUT2D eigenvalue weighted by molar-refractivity contribution is 0.234. The van der Waals surface area contributed by atoms with E-state index >= 15 is 0 Å². The fraction of sp³-hybridized carbons (Fsp3) is 0.105. The average Bonchev–Trinajstić information content (AvgIpc) is 2.64. The zero-order valence-electron chi connectivity index (χ0n) is 12.8. The second-order valence-corrected chi connectivity index (χ2v) is 5.30. The minimum absolute atomic E-state index is 0.0709. The first-order chi connectivity index (χ1) is 11.7. The molecule has 0 aliphatic carbocycles. The van der Waals surface area contributed by atoms with Crippen LogP contribution in [0.15, 0.2) is 75.9 Å². The van der Waals surface area contributed by atoms with Gasteiger partial charge in [0.1, 0.15) is 18.4 Å². The zero-order chi connectivity index (χ0) is 16.9. The van der Waals surface area contributed by atoms with E-state index in [9.17, 15) is 15.0 Å². The second-order valence-electron chi connectivity index (χ2n) is 5.30. The van der Waals surface area contributed by atoms with Crippen LogP contribution in [0.5, 0.6) is 5.75 Å². The van der Waals surface area contributed by atoms with Crippen LogP contribution in [-0.2, 0) is 6.61 Å². The Morgan fingerprint density at radius 2 is 1.62 bits per heavy atom. The van der Waals surface area contributed by atoms with Crippen LogP contribution in [0.25, 0.3) is 0 Å². The van der Waals surface area contributed by atoms with Crippen LogP contribution in [0.2, 0.25) is 0 Å². The molecule has 24 heavy (non-hydrogen) atoms. The number of aliphatic hydroxyl groups excluding tert-OH is 1. The van der Waals surface area contributed by atoms with E-state index in [1.807, 2.05) is 60.7 Å². The summed E-state index contributed by atoms with van der Waals surface area (Å²) in [4.78, 5) is 12.0. The van der Waals surface area contributed by atoms with Crippen molar-refractivity contribution in [1.82, 2.24) is 0 Å². The van der Waals surface area contributed by atoms with Crippen molar-refractivity contribution in [3.05, 3.63) is 94.0 Å². The maximum atomic E-state index is 12.0. The van der Waals surface area contributed by atoms with E-state index in [2.05, 4.69) is 5.32 Å². The largest absolute Gasteiger partial charge is 0.502 e. The highest BCUT2D eigenvalue weighted by Gasteiger charge is 2.23. The van der Waals surface area contributed by atoms with E-state index < -0.39 is 23.8 Å². The topological polar surface area (TPSA) is 82.7 Å². The number of benzene rings is 2. The number of aromatic hydroxyl groups is 1.